The van der Waals surface area contributed by atoms with E-state index in [9.17, 15) is 0 Å². The second kappa shape index (κ2) is 18.4. The predicted molar refractivity (Wildman–Crippen MR) is 250 cm³/mol. The highest BCUT2D eigenvalue weighted by atomic mass is 28.3. The Hall–Kier alpha value is -5.78. The lowest BCUT2D eigenvalue weighted by molar-refractivity contribution is 0.263. The van der Waals surface area contributed by atoms with Crippen LogP contribution in [0.3, 0.4) is 0 Å². The summed E-state index contributed by atoms with van der Waals surface area (Å²) in [6.45, 7) is 17.4. The average Bonchev–Trinajstić information content (AvgIpc) is 4.15. The molecular weight excluding hydrogens is 821 g/mol. The van der Waals surface area contributed by atoms with Crippen LogP contribution in [0.1, 0.15) is 74.9 Å². The molecule has 3 heterocycles. The van der Waals surface area contributed by atoms with Gasteiger partial charge in [-0.05, 0) is 106 Å². The van der Waals surface area contributed by atoms with Gasteiger partial charge < -0.3 is 41.7 Å². The number of epoxide rings is 3. The van der Waals surface area contributed by atoms with E-state index >= 15 is 0 Å². The van der Waals surface area contributed by atoms with Crippen LogP contribution in [-0.4, -0.2) is 67.5 Å². The molecule has 6 aromatic rings. The van der Waals surface area contributed by atoms with Crippen molar-refractivity contribution in [2.75, 3.05) is 39.6 Å². The van der Waals surface area contributed by atoms with Gasteiger partial charge in [0.2, 0.25) is 0 Å². The van der Waals surface area contributed by atoms with Crippen LogP contribution in [0, 0.1) is 0 Å². The summed E-state index contributed by atoms with van der Waals surface area (Å²) in [6, 6.07) is 49.7. The second-order valence-corrected chi connectivity index (χ2v) is 19.7. The van der Waals surface area contributed by atoms with Crippen molar-refractivity contribution in [2.45, 2.75) is 76.1 Å². The summed E-state index contributed by atoms with van der Waals surface area (Å²) < 4.78 is 53.4. The Bertz CT molecular complexity index is 2160. The van der Waals surface area contributed by atoms with Gasteiger partial charge in [0, 0.05) is 16.2 Å². The summed E-state index contributed by atoms with van der Waals surface area (Å²) in [6.07, 6.45) is 0.661. The predicted octanol–water partition coefficient (Wildman–Crippen LogP) is 10.3. The lowest BCUT2D eigenvalue weighted by Crippen LogP contribution is -2.37. The molecule has 3 aliphatic rings. The van der Waals surface area contributed by atoms with Gasteiger partial charge in [0.25, 0.3) is 0 Å². The van der Waals surface area contributed by atoms with Crippen LogP contribution in [0.5, 0.6) is 34.5 Å². The summed E-state index contributed by atoms with van der Waals surface area (Å²) in [7, 11) is -2.88. The molecule has 0 amide bonds. The van der Waals surface area contributed by atoms with Gasteiger partial charge in [0.15, 0.2) is 0 Å². The van der Waals surface area contributed by atoms with Crippen LogP contribution in [0.25, 0.3) is 0 Å². The Labute approximate surface area is 379 Å². The molecule has 3 fully saturated rings. The van der Waals surface area contributed by atoms with E-state index in [1.807, 2.05) is 72.8 Å². The zero-order valence-electron chi connectivity index (χ0n) is 37.6. The molecule has 0 bridgehead atoms. The normalized spacial score (nSPS) is 18.4. The van der Waals surface area contributed by atoms with Crippen molar-refractivity contribution in [1.29, 1.82) is 0 Å². The van der Waals surface area contributed by atoms with Crippen LogP contribution in [0.15, 0.2) is 146 Å². The standard InChI is InChI=1S/C54H58O9Si/c1-52(2,37-7-19-43(20-8-37)55-31-49-34-58-49)40-13-25-46(26-14-40)61-64(62-47-27-15-41(16-28-47)53(3,4)38-9-21-44(22-10-38)56-32-50-35-59-50)63-48-29-17-42(18-30-48)54(5,6)39-11-23-45(24-12-39)57-33-51-36-60-51/h7-30,49-51,64H,31-36H2,1-6H3. The van der Waals surface area contributed by atoms with Gasteiger partial charge >= 0.3 is 9.53 Å². The first kappa shape index (κ1) is 43.5. The first-order valence-corrected chi connectivity index (χ1v) is 23.7. The van der Waals surface area contributed by atoms with Gasteiger partial charge in [-0.1, -0.05) is 114 Å². The van der Waals surface area contributed by atoms with Crippen LogP contribution in [0.2, 0.25) is 0 Å². The molecule has 0 aromatic heterocycles. The minimum atomic E-state index is -2.88. The molecule has 332 valence electrons. The van der Waals surface area contributed by atoms with Gasteiger partial charge in [-0.2, -0.15) is 0 Å². The molecule has 10 heteroatoms. The van der Waals surface area contributed by atoms with Crippen molar-refractivity contribution < 1.29 is 41.7 Å². The van der Waals surface area contributed by atoms with Crippen LogP contribution >= 0.6 is 0 Å². The minimum absolute atomic E-state index is 0.220. The molecule has 9 nitrogen and oxygen atoms in total. The molecule has 0 aliphatic carbocycles. The first-order chi connectivity index (χ1) is 30.9. The maximum absolute atomic E-state index is 6.62. The van der Waals surface area contributed by atoms with Gasteiger partial charge in [0.1, 0.15) is 72.6 Å². The monoisotopic (exact) mass is 878 g/mol. The van der Waals surface area contributed by atoms with E-state index in [-0.39, 0.29) is 34.6 Å². The molecule has 3 unspecified atom stereocenters. The van der Waals surface area contributed by atoms with Crippen molar-refractivity contribution in [3.05, 3.63) is 179 Å². The van der Waals surface area contributed by atoms with Gasteiger partial charge in [-0.25, -0.2) is 0 Å². The lowest BCUT2D eigenvalue weighted by atomic mass is 9.78. The Morgan fingerprint density at radius 1 is 0.344 bits per heavy atom. The lowest BCUT2D eigenvalue weighted by Gasteiger charge is -2.27. The minimum Gasteiger partial charge on any atom is -0.491 e. The third kappa shape index (κ3) is 10.8. The van der Waals surface area contributed by atoms with E-state index in [2.05, 4.69) is 114 Å². The van der Waals surface area contributed by atoms with Crippen molar-refractivity contribution in [3.63, 3.8) is 0 Å². The molecule has 0 saturated carbocycles. The summed E-state index contributed by atoms with van der Waals surface area (Å²) in [5.41, 5.74) is 6.25. The molecule has 3 saturated heterocycles. The summed E-state index contributed by atoms with van der Waals surface area (Å²) in [4.78, 5) is 0. The Balaban J connectivity index is 0.900. The third-order valence-corrected chi connectivity index (χ3v) is 14.1. The summed E-state index contributed by atoms with van der Waals surface area (Å²) in [5, 5.41) is 0. The van der Waals surface area contributed by atoms with E-state index in [0.29, 0.717) is 37.1 Å². The molecule has 0 radical (unpaired) electrons. The number of ether oxygens (including phenoxy) is 6. The average molecular weight is 879 g/mol. The molecule has 6 aromatic carbocycles. The van der Waals surface area contributed by atoms with E-state index in [1.54, 1.807) is 0 Å². The fourth-order valence-electron chi connectivity index (χ4n) is 7.72. The molecule has 64 heavy (non-hydrogen) atoms. The number of hydrogen-bond donors (Lipinski definition) is 0. The maximum atomic E-state index is 6.62. The van der Waals surface area contributed by atoms with E-state index in [4.69, 9.17) is 41.7 Å². The van der Waals surface area contributed by atoms with Crippen LogP contribution in [0.4, 0.5) is 0 Å². The topological polar surface area (TPSA) is 93.0 Å². The molecular formula is C54H58O9Si. The van der Waals surface area contributed by atoms with Crippen molar-refractivity contribution in [2.24, 2.45) is 0 Å². The van der Waals surface area contributed by atoms with Crippen LogP contribution in [-0.2, 0) is 30.5 Å². The van der Waals surface area contributed by atoms with E-state index < -0.39 is 9.53 Å². The largest absolute Gasteiger partial charge is 0.683 e. The van der Waals surface area contributed by atoms with Crippen molar-refractivity contribution in [3.8, 4) is 34.5 Å². The van der Waals surface area contributed by atoms with Gasteiger partial charge in [-0.15, -0.1) is 0 Å². The molecule has 0 N–H and O–H groups in total. The summed E-state index contributed by atoms with van der Waals surface area (Å²) in [5.74, 6) is 4.56. The Morgan fingerprint density at radius 3 is 0.719 bits per heavy atom. The zero-order chi connectivity index (χ0) is 44.3. The fraction of sp³-hybridized carbons (Fsp3) is 0.333. The molecule has 9 rings (SSSR count). The number of rotatable bonds is 21. The highest BCUT2D eigenvalue weighted by Gasteiger charge is 2.30. The van der Waals surface area contributed by atoms with Crippen LogP contribution < -0.4 is 27.5 Å². The Kier molecular flexibility index (Phi) is 12.5. The third-order valence-electron chi connectivity index (χ3n) is 12.7. The summed E-state index contributed by atoms with van der Waals surface area (Å²) >= 11 is 0. The van der Waals surface area contributed by atoms with Gasteiger partial charge in [-0.3, -0.25) is 0 Å². The van der Waals surface area contributed by atoms with Gasteiger partial charge in [0.05, 0.1) is 19.8 Å². The number of hydrogen-bond acceptors (Lipinski definition) is 9. The van der Waals surface area contributed by atoms with E-state index in [1.165, 1.54) is 16.7 Å². The highest BCUT2D eigenvalue weighted by molar-refractivity contribution is 6.39. The molecule has 3 aliphatic heterocycles. The van der Waals surface area contributed by atoms with Crippen molar-refractivity contribution in [1.82, 2.24) is 0 Å². The zero-order valence-corrected chi connectivity index (χ0v) is 38.7. The van der Waals surface area contributed by atoms with Crippen molar-refractivity contribution >= 4 is 9.53 Å². The number of benzene rings is 6. The quantitative estimate of drug-likeness (QED) is 0.0518. The first-order valence-electron chi connectivity index (χ1n) is 22.2. The van der Waals surface area contributed by atoms with E-state index in [0.717, 1.165) is 53.8 Å². The Morgan fingerprint density at radius 2 is 0.531 bits per heavy atom. The molecule has 3 atom stereocenters. The highest BCUT2D eigenvalue weighted by Crippen LogP contribution is 2.37. The second-order valence-electron chi connectivity index (χ2n) is 18.5. The maximum Gasteiger partial charge on any atom is 0.683 e. The fourth-order valence-corrected chi connectivity index (χ4v) is 9.00. The SMILES string of the molecule is CC(C)(c1ccc(OCC2CO2)cc1)c1ccc(O[SiH](Oc2ccc(C(C)(C)c3ccc(OCC4CO4)cc3)cc2)Oc2ccc(C(C)(C)c3ccc(OCC4CO4)cc3)cc2)cc1. The molecule has 0 spiro atoms. The smallest absolute Gasteiger partial charge is 0.491 e.